The smallest absolute Gasteiger partial charge is 0.264 e. The van der Waals surface area contributed by atoms with E-state index in [4.69, 9.17) is 17.3 Å². The normalized spacial score (nSPS) is 10.4. The Balaban J connectivity index is 0.000000208. The van der Waals surface area contributed by atoms with E-state index in [-0.39, 0.29) is 19.1 Å². The van der Waals surface area contributed by atoms with Crippen molar-refractivity contribution in [3.05, 3.63) is 100 Å². The fraction of sp³-hybridized carbons (Fsp3) is 0.0870. The average Bonchev–Trinajstić information content (AvgIpc) is 3.25. The fourth-order valence-electron chi connectivity index (χ4n) is 3.35. The van der Waals surface area contributed by atoms with Gasteiger partial charge in [-0.2, -0.15) is 23.1 Å². The Kier molecular flexibility index (Phi) is 6.99. The minimum Gasteiger partial charge on any atom is -0.384 e. The van der Waals surface area contributed by atoms with Gasteiger partial charge in [0.25, 0.3) is 5.56 Å². The zero-order valence-electron chi connectivity index (χ0n) is 16.9. The lowest BCUT2D eigenvalue weighted by Gasteiger charge is -2.14. The summed E-state index contributed by atoms with van der Waals surface area (Å²) in [4.78, 5) is 16.8. The lowest BCUT2D eigenvalue weighted by molar-refractivity contribution is 0.889. The second-order valence-electron chi connectivity index (χ2n) is 6.64. The standard InChI is InChI=1S/C17H14ClNO.C6H6N4.H2S/c1-2-13-11-12-7-6-10-15(18)16(12)17(20)19(13)14-8-4-3-5-9-14;7-5-1-3-8-6-2-4-9-10(5)6;/h3-11H,2H2,1H3;1-4H,7H2;1H2. The molecule has 5 rings (SSSR count). The highest BCUT2D eigenvalue weighted by molar-refractivity contribution is 7.59. The monoisotopic (exact) mass is 451 g/mol. The Morgan fingerprint density at radius 3 is 2.48 bits per heavy atom. The highest BCUT2D eigenvalue weighted by atomic mass is 35.5. The Bertz CT molecular complexity index is 1380. The summed E-state index contributed by atoms with van der Waals surface area (Å²) in [5.74, 6) is 0.606. The number of aryl methyl sites for hydroxylation is 1. The van der Waals surface area contributed by atoms with Crippen molar-refractivity contribution in [2.24, 2.45) is 0 Å². The Morgan fingerprint density at radius 1 is 1.00 bits per heavy atom. The lowest BCUT2D eigenvalue weighted by Crippen LogP contribution is -2.22. The lowest BCUT2D eigenvalue weighted by atomic mass is 10.1. The maximum absolute atomic E-state index is 12.8. The van der Waals surface area contributed by atoms with Gasteiger partial charge in [0, 0.05) is 23.6 Å². The first-order valence-electron chi connectivity index (χ1n) is 9.53. The van der Waals surface area contributed by atoms with Gasteiger partial charge in [0.15, 0.2) is 5.65 Å². The molecule has 0 aliphatic rings. The molecule has 158 valence electrons. The predicted molar refractivity (Wildman–Crippen MR) is 132 cm³/mol. The van der Waals surface area contributed by atoms with E-state index in [0.29, 0.717) is 16.2 Å². The van der Waals surface area contributed by atoms with Crippen LogP contribution < -0.4 is 11.3 Å². The van der Waals surface area contributed by atoms with Gasteiger partial charge in [-0.1, -0.05) is 48.9 Å². The molecule has 2 N–H and O–H groups in total. The first-order valence-corrected chi connectivity index (χ1v) is 9.90. The molecule has 8 heteroatoms. The van der Waals surface area contributed by atoms with Crippen molar-refractivity contribution in [2.75, 3.05) is 5.73 Å². The highest BCUT2D eigenvalue weighted by Gasteiger charge is 2.11. The molecule has 0 saturated carbocycles. The van der Waals surface area contributed by atoms with Gasteiger partial charge in [0.05, 0.1) is 16.6 Å². The van der Waals surface area contributed by atoms with Gasteiger partial charge in [0.2, 0.25) is 0 Å². The van der Waals surface area contributed by atoms with Crippen LogP contribution in [0.4, 0.5) is 5.82 Å². The quantitative estimate of drug-likeness (QED) is 0.424. The number of pyridine rings is 1. The van der Waals surface area contributed by atoms with Gasteiger partial charge in [-0.3, -0.25) is 9.36 Å². The van der Waals surface area contributed by atoms with E-state index in [1.807, 2.05) is 55.5 Å². The van der Waals surface area contributed by atoms with Crippen LogP contribution in [0.2, 0.25) is 5.02 Å². The van der Waals surface area contributed by atoms with Crippen LogP contribution in [0.3, 0.4) is 0 Å². The topological polar surface area (TPSA) is 78.2 Å². The predicted octanol–water partition coefficient (Wildman–Crippen LogP) is 4.63. The van der Waals surface area contributed by atoms with Crippen molar-refractivity contribution in [2.45, 2.75) is 13.3 Å². The van der Waals surface area contributed by atoms with Gasteiger partial charge in [-0.15, -0.1) is 0 Å². The third-order valence-corrected chi connectivity index (χ3v) is 5.08. The van der Waals surface area contributed by atoms with E-state index in [9.17, 15) is 4.79 Å². The SMILES string of the molecule is CCc1cc2cccc(Cl)c2c(=O)n1-c1ccccc1.Nc1ccnc2ccnn12.S. The highest BCUT2D eigenvalue weighted by Crippen LogP contribution is 2.22. The molecule has 0 unspecified atom stereocenters. The number of benzene rings is 2. The van der Waals surface area contributed by atoms with Crippen LogP contribution in [0.5, 0.6) is 0 Å². The minimum atomic E-state index is -0.0591. The molecule has 0 amide bonds. The number of hydrogen-bond acceptors (Lipinski definition) is 4. The van der Waals surface area contributed by atoms with Crippen LogP contribution in [-0.4, -0.2) is 19.2 Å². The summed E-state index contributed by atoms with van der Waals surface area (Å²) in [5, 5.41) is 5.92. The number of hydrogen-bond donors (Lipinski definition) is 1. The van der Waals surface area contributed by atoms with Crippen LogP contribution in [-0.2, 0) is 6.42 Å². The molecule has 0 atom stereocenters. The minimum absolute atomic E-state index is 0. The fourth-order valence-corrected chi connectivity index (χ4v) is 3.61. The van der Waals surface area contributed by atoms with Crippen molar-refractivity contribution in [3.63, 3.8) is 0 Å². The molecule has 31 heavy (non-hydrogen) atoms. The Labute approximate surface area is 191 Å². The summed E-state index contributed by atoms with van der Waals surface area (Å²) in [6.07, 6.45) is 4.11. The zero-order valence-corrected chi connectivity index (χ0v) is 18.6. The average molecular weight is 452 g/mol. The first kappa shape index (κ1) is 22.4. The van der Waals surface area contributed by atoms with Crippen LogP contribution in [0.25, 0.3) is 22.1 Å². The summed E-state index contributed by atoms with van der Waals surface area (Å²) in [7, 11) is 0. The van der Waals surface area contributed by atoms with E-state index in [1.54, 1.807) is 39.7 Å². The van der Waals surface area contributed by atoms with Crippen LogP contribution in [0.15, 0.2) is 83.9 Å². The third-order valence-electron chi connectivity index (χ3n) is 4.77. The maximum atomic E-state index is 12.8. The molecule has 0 radical (unpaired) electrons. The summed E-state index contributed by atoms with van der Waals surface area (Å²) < 4.78 is 3.33. The van der Waals surface area contributed by atoms with Crippen LogP contribution in [0, 0.1) is 0 Å². The molecule has 0 spiro atoms. The number of halogens is 1. The third kappa shape index (κ3) is 4.42. The van der Waals surface area contributed by atoms with Crippen molar-refractivity contribution >= 4 is 47.3 Å². The molecule has 0 saturated heterocycles. The number of rotatable bonds is 2. The molecule has 2 aromatic carbocycles. The molecule has 3 heterocycles. The molecule has 5 aromatic rings. The second kappa shape index (κ2) is 9.68. The number of nitrogen functional groups attached to an aromatic ring is 1. The zero-order chi connectivity index (χ0) is 21.1. The van der Waals surface area contributed by atoms with Gasteiger partial charge < -0.3 is 5.73 Å². The Hall–Kier alpha value is -3.29. The number of nitrogens with zero attached hydrogens (tertiary/aromatic N) is 4. The summed E-state index contributed by atoms with van der Waals surface area (Å²) in [6.45, 7) is 2.05. The molecule has 0 fully saturated rings. The van der Waals surface area contributed by atoms with E-state index in [1.165, 1.54) is 0 Å². The number of para-hydroxylation sites is 1. The van der Waals surface area contributed by atoms with E-state index in [0.717, 1.165) is 28.8 Å². The van der Waals surface area contributed by atoms with Crippen molar-refractivity contribution in [3.8, 4) is 5.69 Å². The van der Waals surface area contributed by atoms with Crippen LogP contribution >= 0.6 is 25.1 Å². The van der Waals surface area contributed by atoms with Crippen molar-refractivity contribution in [1.29, 1.82) is 0 Å². The molecular weight excluding hydrogens is 430 g/mol. The van der Waals surface area contributed by atoms with E-state index >= 15 is 0 Å². The van der Waals surface area contributed by atoms with E-state index in [2.05, 4.69) is 10.1 Å². The summed E-state index contributed by atoms with van der Waals surface area (Å²) in [5.41, 5.74) is 8.13. The molecule has 0 aliphatic heterocycles. The number of nitrogens with two attached hydrogens (primary N) is 1. The van der Waals surface area contributed by atoms with Crippen molar-refractivity contribution < 1.29 is 0 Å². The summed E-state index contributed by atoms with van der Waals surface area (Å²) in [6, 6.07) is 20.8. The van der Waals surface area contributed by atoms with Gasteiger partial charge >= 0.3 is 0 Å². The maximum Gasteiger partial charge on any atom is 0.264 e. The van der Waals surface area contributed by atoms with Gasteiger partial charge in [-0.25, -0.2) is 4.98 Å². The number of fused-ring (bicyclic) bond motifs is 2. The largest absolute Gasteiger partial charge is 0.384 e. The number of aromatic nitrogens is 4. The van der Waals surface area contributed by atoms with Gasteiger partial charge in [0.1, 0.15) is 5.82 Å². The first-order chi connectivity index (χ1) is 14.6. The molecule has 0 bridgehead atoms. The van der Waals surface area contributed by atoms with Crippen molar-refractivity contribution in [1.82, 2.24) is 19.2 Å². The van der Waals surface area contributed by atoms with Crippen LogP contribution in [0.1, 0.15) is 12.6 Å². The second-order valence-corrected chi connectivity index (χ2v) is 7.05. The molecule has 3 aromatic heterocycles. The molecule has 0 aliphatic carbocycles. The molecular formula is C23H22ClN5OS. The van der Waals surface area contributed by atoms with E-state index < -0.39 is 0 Å². The summed E-state index contributed by atoms with van der Waals surface area (Å²) >= 11 is 6.20. The number of anilines is 1. The molecule has 6 nitrogen and oxygen atoms in total. The Morgan fingerprint density at radius 2 is 1.77 bits per heavy atom. The van der Waals surface area contributed by atoms with Gasteiger partial charge in [-0.05, 0) is 42.1 Å².